The van der Waals surface area contributed by atoms with Crippen molar-refractivity contribution in [2.24, 2.45) is 0 Å². The van der Waals surface area contributed by atoms with Crippen LogP contribution in [-0.4, -0.2) is 15.0 Å². The SMILES string of the molecule is Cc1cc(-c2ccc(-c3ccccc3C(C)(C)c3c(C)c(C)c(-c4ccccc4-c4ccc(-c5cc(C(C)(C)C)ccn5)cn4)c(C)c3C)cc2)ncc1-c1ccccc1. The molecule has 3 aromatic heterocycles. The van der Waals surface area contributed by atoms with E-state index in [1.54, 1.807) is 0 Å². The lowest BCUT2D eigenvalue weighted by atomic mass is 9.69. The molecule has 298 valence electrons. The number of hydrogen-bond donors (Lipinski definition) is 0. The maximum atomic E-state index is 5.04. The van der Waals surface area contributed by atoms with Gasteiger partial charge in [-0.05, 0) is 143 Å². The van der Waals surface area contributed by atoms with Gasteiger partial charge in [-0.2, -0.15) is 0 Å². The molecule has 0 fully saturated rings. The van der Waals surface area contributed by atoms with Crippen molar-refractivity contribution in [1.82, 2.24) is 15.0 Å². The van der Waals surface area contributed by atoms with E-state index in [9.17, 15) is 0 Å². The zero-order valence-electron chi connectivity index (χ0n) is 36.8. The molecule has 0 radical (unpaired) electrons. The molecule has 0 amide bonds. The standard InChI is InChI=1S/C57H55N3/c1-36-32-52(60-35-49(36)41-18-12-11-13-19-41)43-26-24-42(25-27-43)46-20-16-17-23-50(46)57(9,10)55-39(4)37(2)54(38(3)40(55)5)48-22-15-14-21-47(48)51-29-28-44(34-59-51)53-33-45(30-31-58-53)56(6,7)8/h11-35H,1-10H3. The number of pyridine rings is 3. The molecule has 0 aliphatic rings. The molecule has 8 rings (SSSR count). The molecule has 5 aromatic carbocycles. The van der Waals surface area contributed by atoms with Gasteiger partial charge >= 0.3 is 0 Å². The highest BCUT2D eigenvalue weighted by Gasteiger charge is 2.32. The highest BCUT2D eigenvalue weighted by atomic mass is 14.7. The first-order chi connectivity index (χ1) is 28.7. The second-order valence-electron chi connectivity index (χ2n) is 17.9. The molecule has 0 saturated carbocycles. The van der Waals surface area contributed by atoms with E-state index in [1.165, 1.54) is 77.9 Å². The second kappa shape index (κ2) is 16.0. The van der Waals surface area contributed by atoms with Crippen molar-refractivity contribution >= 4 is 0 Å². The minimum absolute atomic E-state index is 0.0473. The second-order valence-corrected chi connectivity index (χ2v) is 17.9. The Hall–Kier alpha value is -6.45. The third kappa shape index (κ3) is 7.50. The molecule has 3 heteroatoms. The summed E-state index contributed by atoms with van der Waals surface area (Å²) in [5, 5.41) is 0. The Morgan fingerprint density at radius 2 is 0.950 bits per heavy atom. The van der Waals surface area contributed by atoms with Crippen LogP contribution in [0.15, 0.2) is 152 Å². The normalized spacial score (nSPS) is 11.8. The van der Waals surface area contributed by atoms with E-state index in [4.69, 9.17) is 15.0 Å². The smallest absolute Gasteiger partial charge is 0.0720 e. The van der Waals surface area contributed by atoms with Crippen LogP contribution in [0.2, 0.25) is 0 Å². The predicted molar refractivity (Wildman–Crippen MR) is 253 cm³/mol. The number of nitrogens with zero attached hydrogens (tertiary/aromatic N) is 3. The van der Waals surface area contributed by atoms with Crippen molar-refractivity contribution in [3.8, 4) is 67.2 Å². The quantitative estimate of drug-likeness (QED) is 0.154. The number of benzene rings is 5. The Bertz CT molecular complexity index is 2810. The fourth-order valence-electron chi connectivity index (χ4n) is 9.21. The van der Waals surface area contributed by atoms with Crippen LogP contribution in [0.3, 0.4) is 0 Å². The van der Waals surface area contributed by atoms with Gasteiger partial charge in [-0.25, -0.2) is 0 Å². The van der Waals surface area contributed by atoms with Gasteiger partial charge in [-0.15, -0.1) is 0 Å². The molecule has 0 saturated heterocycles. The Morgan fingerprint density at radius 1 is 0.400 bits per heavy atom. The number of hydrogen-bond acceptors (Lipinski definition) is 3. The molecule has 0 aliphatic carbocycles. The third-order valence-electron chi connectivity index (χ3n) is 12.7. The van der Waals surface area contributed by atoms with Gasteiger partial charge in [0.2, 0.25) is 0 Å². The average Bonchev–Trinajstić information content (AvgIpc) is 3.26. The highest BCUT2D eigenvalue weighted by molar-refractivity contribution is 5.87. The molecule has 0 aliphatic heterocycles. The Morgan fingerprint density at radius 3 is 1.58 bits per heavy atom. The maximum absolute atomic E-state index is 5.04. The van der Waals surface area contributed by atoms with Crippen molar-refractivity contribution in [2.45, 2.75) is 80.1 Å². The van der Waals surface area contributed by atoms with E-state index in [1.807, 2.05) is 24.7 Å². The highest BCUT2D eigenvalue weighted by Crippen LogP contribution is 2.46. The van der Waals surface area contributed by atoms with Crippen molar-refractivity contribution in [1.29, 1.82) is 0 Å². The van der Waals surface area contributed by atoms with Gasteiger partial charge in [0.15, 0.2) is 0 Å². The molecule has 0 N–H and O–H groups in total. The van der Waals surface area contributed by atoms with Gasteiger partial charge < -0.3 is 0 Å². The summed E-state index contributed by atoms with van der Waals surface area (Å²) in [7, 11) is 0. The summed E-state index contributed by atoms with van der Waals surface area (Å²) in [5.41, 5.74) is 23.6. The van der Waals surface area contributed by atoms with Crippen molar-refractivity contribution in [3.05, 3.63) is 197 Å². The van der Waals surface area contributed by atoms with Gasteiger partial charge in [0, 0.05) is 46.3 Å². The van der Waals surface area contributed by atoms with Crippen LogP contribution in [0.4, 0.5) is 0 Å². The van der Waals surface area contributed by atoms with Gasteiger partial charge in [-0.1, -0.05) is 138 Å². The fraction of sp³-hybridized carbons (Fsp3) is 0.211. The zero-order chi connectivity index (χ0) is 42.3. The minimum Gasteiger partial charge on any atom is -0.256 e. The fourth-order valence-corrected chi connectivity index (χ4v) is 9.21. The first-order valence-electron chi connectivity index (χ1n) is 21.1. The maximum Gasteiger partial charge on any atom is 0.0720 e. The summed E-state index contributed by atoms with van der Waals surface area (Å²) in [6.07, 6.45) is 5.88. The lowest BCUT2D eigenvalue weighted by molar-refractivity contribution is 0.589. The molecule has 8 aromatic rings. The average molecular weight is 782 g/mol. The van der Waals surface area contributed by atoms with E-state index in [2.05, 4.69) is 197 Å². The summed E-state index contributed by atoms with van der Waals surface area (Å²) in [5.74, 6) is 0. The summed E-state index contributed by atoms with van der Waals surface area (Å²) in [4.78, 5) is 14.6. The van der Waals surface area contributed by atoms with Crippen molar-refractivity contribution < 1.29 is 0 Å². The zero-order valence-corrected chi connectivity index (χ0v) is 36.8. The van der Waals surface area contributed by atoms with Gasteiger partial charge in [0.1, 0.15) is 0 Å². The lowest BCUT2D eigenvalue weighted by Gasteiger charge is -2.34. The monoisotopic (exact) mass is 781 g/mol. The van der Waals surface area contributed by atoms with Gasteiger partial charge in [-0.3, -0.25) is 15.0 Å². The molecule has 3 nitrogen and oxygen atoms in total. The predicted octanol–water partition coefficient (Wildman–Crippen LogP) is 15.0. The molecule has 60 heavy (non-hydrogen) atoms. The minimum atomic E-state index is -0.279. The molecular weight excluding hydrogens is 727 g/mol. The van der Waals surface area contributed by atoms with Gasteiger partial charge in [0.05, 0.1) is 17.1 Å². The molecule has 0 unspecified atom stereocenters. The Kier molecular flexibility index (Phi) is 10.7. The Balaban J connectivity index is 1.13. The van der Waals surface area contributed by atoms with Crippen LogP contribution >= 0.6 is 0 Å². The van der Waals surface area contributed by atoms with E-state index in [0.29, 0.717) is 0 Å². The largest absolute Gasteiger partial charge is 0.256 e. The molecule has 3 heterocycles. The van der Waals surface area contributed by atoms with Crippen LogP contribution in [0, 0.1) is 34.6 Å². The number of rotatable bonds is 8. The molecule has 0 atom stereocenters. The van der Waals surface area contributed by atoms with Crippen molar-refractivity contribution in [2.75, 3.05) is 0 Å². The summed E-state index contributed by atoms with van der Waals surface area (Å²) in [6.45, 7) is 22.9. The van der Waals surface area contributed by atoms with E-state index < -0.39 is 0 Å². The lowest BCUT2D eigenvalue weighted by Crippen LogP contribution is -2.24. The van der Waals surface area contributed by atoms with Crippen LogP contribution in [0.1, 0.15) is 79.1 Å². The van der Waals surface area contributed by atoms with Crippen LogP contribution in [0.5, 0.6) is 0 Å². The summed E-state index contributed by atoms with van der Waals surface area (Å²) in [6, 6.07) is 47.8. The molecular formula is C57H55N3. The van der Waals surface area contributed by atoms with Crippen LogP contribution in [-0.2, 0) is 10.8 Å². The van der Waals surface area contributed by atoms with E-state index >= 15 is 0 Å². The topological polar surface area (TPSA) is 38.7 Å². The molecule has 0 bridgehead atoms. The van der Waals surface area contributed by atoms with Crippen LogP contribution in [0.25, 0.3) is 67.2 Å². The first kappa shape index (κ1) is 40.3. The van der Waals surface area contributed by atoms with Crippen LogP contribution < -0.4 is 0 Å². The summed E-state index contributed by atoms with van der Waals surface area (Å²) < 4.78 is 0. The van der Waals surface area contributed by atoms with Gasteiger partial charge in [0.25, 0.3) is 0 Å². The first-order valence-corrected chi connectivity index (χ1v) is 21.1. The number of aryl methyl sites for hydroxylation is 1. The van der Waals surface area contributed by atoms with E-state index in [-0.39, 0.29) is 10.8 Å². The summed E-state index contributed by atoms with van der Waals surface area (Å²) >= 11 is 0. The third-order valence-corrected chi connectivity index (χ3v) is 12.7. The molecule has 0 spiro atoms. The number of aromatic nitrogens is 3. The Labute approximate surface area is 357 Å². The van der Waals surface area contributed by atoms with E-state index in [0.717, 1.165) is 33.8 Å². The van der Waals surface area contributed by atoms with Crippen molar-refractivity contribution in [3.63, 3.8) is 0 Å².